The Morgan fingerprint density at radius 3 is 3.31 bits per heavy atom. The van der Waals surface area contributed by atoms with Gasteiger partial charge in [-0.2, -0.15) is 0 Å². The first-order chi connectivity index (χ1) is 7.79. The van der Waals surface area contributed by atoms with Crippen molar-refractivity contribution in [2.24, 2.45) is 5.73 Å². The molecule has 1 aliphatic heterocycles. The number of nitrogens with one attached hydrogen (secondary N) is 1. The van der Waals surface area contributed by atoms with Crippen molar-refractivity contribution in [3.05, 3.63) is 11.1 Å². The second-order valence-electron chi connectivity index (χ2n) is 3.67. The highest BCUT2D eigenvalue weighted by Gasteiger charge is 2.24. The number of thiazole rings is 1. The minimum atomic E-state index is -0.304. The summed E-state index contributed by atoms with van der Waals surface area (Å²) in [5.74, 6) is -0.0915. The van der Waals surface area contributed by atoms with Crippen LogP contribution >= 0.6 is 11.3 Å². The molecule has 2 rings (SSSR count). The molecule has 5 nitrogen and oxygen atoms in total. The molecule has 0 aliphatic carbocycles. The summed E-state index contributed by atoms with van der Waals surface area (Å²) in [6.07, 6.45) is 2.19. The van der Waals surface area contributed by atoms with E-state index >= 15 is 0 Å². The molecule has 0 aromatic carbocycles. The maximum atomic E-state index is 11.7. The van der Waals surface area contributed by atoms with E-state index in [4.69, 9.17) is 10.5 Å². The third-order valence-electron chi connectivity index (χ3n) is 2.40. The number of ether oxygens (including phenoxy) is 1. The largest absolute Gasteiger partial charge is 0.368 e. The first-order valence-corrected chi connectivity index (χ1v) is 6.24. The standard InChI is InChI=1S/C10H15N3O2S/c11-4-3-7-6-16-10(12-7)13-9(14)8-2-1-5-15-8/h6,8H,1-5,11H2,(H,12,13,14). The Balaban J connectivity index is 1.89. The Morgan fingerprint density at radius 2 is 2.62 bits per heavy atom. The van der Waals surface area contributed by atoms with E-state index in [2.05, 4.69) is 10.3 Å². The molecule has 1 aromatic rings. The fraction of sp³-hybridized carbons (Fsp3) is 0.600. The SMILES string of the molecule is NCCc1csc(NC(=O)C2CCCO2)n1. The maximum Gasteiger partial charge on any atom is 0.255 e. The second-order valence-corrected chi connectivity index (χ2v) is 4.53. The molecule has 0 spiro atoms. The van der Waals surface area contributed by atoms with E-state index in [9.17, 15) is 4.79 Å². The number of rotatable bonds is 4. The summed E-state index contributed by atoms with van der Waals surface area (Å²) in [7, 11) is 0. The Labute approximate surface area is 98.0 Å². The number of aromatic nitrogens is 1. The molecule has 6 heteroatoms. The monoisotopic (exact) mass is 241 g/mol. The smallest absolute Gasteiger partial charge is 0.255 e. The molecule has 0 radical (unpaired) electrons. The highest BCUT2D eigenvalue weighted by atomic mass is 32.1. The quantitative estimate of drug-likeness (QED) is 0.816. The zero-order valence-corrected chi connectivity index (χ0v) is 9.76. The Kier molecular flexibility index (Phi) is 3.87. The highest BCUT2D eigenvalue weighted by Crippen LogP contribution is 2.18. The van der Waals surface area contributed by atoms with Crippen molar-refractivity contribution in [2.45, 2.75) is 25.4 Å². The van der Waals surface area contributed by atoms with Gasteiger partial charge in [0.25, 0.3) is 5.91 Å². The van der Waals surface area contributed by atoms with Crippen LogP contribution in [0.4, 0.5) is 5.13 Å². The minimum absolute atomic E-state index is 0.0915. The van der Waals surface area contributed by atoms with Gasteiger partial charge in [-0.1, -0.05) is 0 Å². The van der Waals surface area contributed by atoms with Gasteiger partial charge in [-0.05, 0) is 19.4 Å². The lowest BCUT2D eigenvalue weighted by Crippen LogP contribution is -2.26. The number of hydrogen-bond acceptors (Lipinski definition) is 5. The summed E-state index contributed by atoms with van der Waals surface area (Å²) >= 11 is 1.42. The number of amides is 1. The number of nitrogens with zero attached hydrogens (tertiary/aromatic N) is 1. The van der Waals surface area contributed by atoms with Crippen LogP contribution in [0.15, 0.2) is 5.38 Å². The first kappa shape index (κ1) is 11.5. The Hall–Kier alpha value is -0.980. The van der Waals surface area contributed by atoms with Gasteiger partial charge in [0.2, 0.25) is 0 Å². The van der Waals surface area contributed by atoms with Gasteiger partial charge in [0.1, 0.15) is 6.10 Å². The third kappa shape index (κ3) is 2.78. The topological polar surface area (TPSA) is 77.2 Å². The zero-order chi connectivity index (χ0) is 11.4. The van der Waals surface area contributed by atoms with Crippen LogP contribution in [0.3, 0.4) is 0 Å². The summed E-state index contributed by atoms with van der Waals surface area (Å²) in [4.78, 5) is 16.0. The molecule has 1 atom stereocenters. The van der Waals surface area contributed by atoms with Crippen LogP contribution in [0.5, 0.6) is 0 Å². The van der Waals surface area contributed by atoms with Crippen LogP contribution in [0.25, 0.3) is 0 Å². The van der Waals surface area contributed by atoms with Crippen LogP contribution in [0.2, 0.25) is 0 Å². The normalized spacial score (nSPS) is 19.9. The van der Waals surface area contributed by atoms with Crippen molar-refractivity contribution in [3.63, 3.8) is 0 Å². The summed E-state index contributed by atoms with van der Waals surface area (Å²) in [6, 6.07) is 0. The van der Waals surface area contributed by atoms with Gasteiger partial charge in [0, 0.05) is 18.4 Å². The van der Waals surface area contributed by atoms with Gasteiger partial charge in [-0.15, -0.1) is 11.3 Å². The molecule has 88 valence electrons. The number of carbonyl (C=O) groups excluding carboxylic acids is 1. The van der Waals surface area contributed by atoms with Crippen molar-refractivity contribution >= 4 is 22.4 Å². The molecular formula is C10H15N3O2S. The fourth-order valence-electron chi connectivity index (χ4n) is 1.60. The predicted molar refractivity (Wildman–Crippen MR) is 62.5 cm³/mol. The van der Waals surface area contributed by atoms with E-state index in [0.29, 0.717) is 18.3 Å². The van der Waals surface area contributed by atoms with Crippen LogP contribution in [-0.4, -0.2) is 30.1 Å². The predicted octanol–water partition coefficient (Wildman–Crippen LogP) is 0.762. The zero-order valence-electron chi connectivity index (χ0n) is 8.94. The summed E-state index contributed by atoms with van der Waals surface area (Å²) in [5.41, 5.74) is 6.35. The molecule has 3 N–H and O–H groups in total. The van der Waals surface area contributed by atoms with Gasteiger partial charge in [0.05, 0.1) is 5.69 Å². The van der Waals surface area contributed by atoms with Crippen molar-refractivity contribution < 1.29 is 9.53 Å². The fourth-order valence-corrected chi connectivity index (χ4v) is 2.35. The number of hydrogen-bond donors (Lipinski definition) is 2. The van der Waals surface area contributed by atoms with Crippen molar-refractivity contribution in [3.8, 4) is 0 Å². The van der Waals surface area contributed by atoms with Gasteiger partial charge in [-0.3, -0.25) is 10.1 Å². The molecule has 1 aliphatic rings. The second kappa shape index (κ2) is 5.38. The first-order valence-electron chi connectivity index (χ1n) is 5.36. The van der Waals surface area contributed by atoms with E-state index in [0.717, 1.165) is 25.0 Å². The van der Waals surface area contributed by atoms with Crippen LogP contribution in [0.1, 0.15) is 18.5 Å². The molecule has 1 unspecified atom stereocenters. The average molecular weight is 241 g/mol. The van der Waals surface area contributed by atoms with Crippen LogP contribution < -0.4 is 11.1 Å². The van der Waals surface area contributed by atoms with E-state index in [-0.39, 0.29) is 12.0 Å². The number of carbonyl (C=O) groups is 1. The third-order valence-corrected chi connectivity index (χ3v) is 3.21. The minimum Gasteiger partial charge on any atom is -0.368 e. The maximum absolute atomic E-state index is 11.7. The van der Waals surface area contributed by atoms with E-state index in [1.54, 1.807) is 0 Å². The van der Waals surface area contributed by atoms with Gasteiger partial charge >= 0.3 is 0 Å². The number of anilines is 1. The summed E-state index contributed by atoms with van der Waals surface area (Å²) in [5, 5.41) is 5.31. The van der Waals surface area contributed by atoms with Gasteiger partial charge in [0.15, 0.2) is 5.13 Å². The van der Waals surface area contributed by atoms with E-state index in [1.807, 2.05) is 5.38 Å². The molecule has 1 fully saturated rings. The van der Waals surface area contributed by atoms with Crippen molar-refractivity contribution in [2.75, 3.05) is 18.5 Å². The van der Waals surface area contributed by atoms with Gasteiger partial charge in [-0.25, -0.2) is 4.98 Å². The Bertz CT molecular complexity index is 361. The molecule has 0 bridgehead atoms. The molecule has 2 heterocycles. The van der Waals surface area contributed by atoms with E-state index in [1.165, 1.54) is 11.3 Å². The lowest BCUT2D eigenvalue weighted by molar-refractivity contribution is -0.124. The molecule has 16 heavy (non-hydrogen) atoms. The Morgan fingerprint density at radius 1 is 1.75 bits per heavy atom. The van der Waals surface area contributed by atoms with Crippen LogP contribution in [-0.2, 0) is 16.0 Å². The molecule has 1 amide bonds. The lowest BCUT2D eigenvalue weighted by atomic mass is 10.2. The molecular weight excluding hydrogens is 226 g/mol. The highest BCUT2D eigenvalue weighted by molar-refractivity contribution is 7.13. The lowest BCUT2D eigenvalue weighted by Gasteiger charge is -2.07. The van der Waals surface area contributed by atoms with Crippen molar-refractivity contribution in [1.29, 1.82) is 0 Å². The number of nitrogens with two attached hydrogens (primary N) is 1. The van der Waals surface area contributed by atoms with Crippen molar-refractivity contribution in [1.82, 2.24) is 4.98 Å². The molecule has 1 aromatic heterocycles. The van der Waals surface area contributed by atoms with Crippen LogP contribution in [0, 0.1) is 0 Å². The average Bonchev–Trinajstić information content (AvgIpc) is 2.89. The molecule has 1 saturated heterocycles. The van der Waals surface area contributed by atoms with E-state index < -0.39 is 0 Å². The molecule has 0 saturated carbocycles. The summed E-state index contributed by atoms with van der Waals surface area (Å²) in [6.45, 7) is 1.25. The van der Waals surface area contributed by atoms with Gasteiger partial charge < -0.3 is 10.5 Å². The summed E-state index contributed by atoms with van der Waals surface area (Å²) < 4.78 is 5.29.